The minimum atomic E-state index is -0.781. The molecule has 1 aliphatic heterocycles. The fraction of sp³-hybridized carbons (Fsp3) is 0.300. The average molecular weight is 350 g/mol. The number of primary amides is 1. The van der Waals surface area contributed by atoms with E-state index in [1.54, 1.807) is 12.1 Å². The van der Waals surface area contributed by atoms with Crippen molar-refractivity contribution in [1.29, 1.82) is 0 Å². The minimum Gasteiger partial charge on any atom is -0.354 e. The molecule has 0 aliphatic carbocycles. The second kappa shape index (κ2) is 6.80. The quantitative estimate of drug-likeness (QED) is 0.762. The summed E-state index contributed by atoms with van der Waals surface area (Å²) in [4.78, 5) is 29.6. The highest BCUT2D eigenvalue weighted by Crippen LogP contribution is 2.24. The van der Waals surface area contributed by atoms with Crippen LogP contribution >= 0.6 is 0 Å². The van der Waals surface area contributed by atoms with Crippen LogP contribution in [0.4, 0.5) is 4.79 Å². The van der Waals surface area contributed by atoms with E-state index < -0.39 is 11.6 Å². The topological polar surface area (TPSA) is 84.1 Å². The van der Waals surface area contributed by atoms with E-state index in [1.807, 2.05) is 12.1 Å². The molecule has 6 nitrogen and oxygen atoms in total. The summed E-state index contributed by atoms with van der Waals surface area (Å²) in [5, 5.41) is 1.06. The molecule has 6 heteroatoms. The lowest BCUT2D eigenvalue weighted by molar-refractivity contribution is 0.221. The van der Waals surface area contributed by atoms with Crippen molar-refractivity contribution in [2.75, 3.05) is 13.1 Å². The summed E-state index contributed by atoms with van der Waals surface area (Å²) >= 11 is 0. The molecule has 0 bridgehead atoms. The van der Waals surface area contributed by atoms with Crippen molar-refractivity contribution in [2.45, 2.75) is 25.8 Å². The Morgan fingerprint density at radius 2 is 1.92 bits per heavy atom. The van der Waals surface area contributed by atoms with Crippen LogP contribution in [-0.4, -0.2) is 33.6 Å². The van der Waals surface area contributed by atoms with Gasteiger partial charge in [0.2, 0.25) is 0 Å². The van der Waals surface area contributed by atoms with E-state index >= 15 is 0 Å². The molecular formula is C20H22N4O2. The number of likely N-dealkylation sites (tertiary alicyclic amines) is 1. The maximum absolute atomic E-state index is 12.5. The Kier molecular flexibility index (Phi) is 4.34. The molecule has 3 aromatic rings. The number of benzene rings is 1. The zero-order chi connectivity index (χ0) is 18.1. The van der Waals surface area contributed by atoms with E-state index in [1.165, 1.54) is 31.0 Å². The molecule has 3 heterocycles. The first-order chi connectivity index (χ1) is 12.6. The molecule has 1 amide bonds. The maximum Gasteiger partial charge on any atom is 0.325 e. The number of nitrogens with two attached hydrogens (primary N) is 1. The van der Waals surface area contributed by atoms with Crippen LogP contribution in [-0.2, 0) is 6.54 Å². The van der Waals surface area contributed by atoms with E-state index in [0.29, 0.717) is 11.3 Å². The van der Waals surface area contributed by atoms with E-state index in [-0.39, 0.29) is 0 Å². The standard InChI is InChI=1S/C20H22N4O2/c21-20(26)24-10-4-5-16(19(24)25)18-12-15-11-14(6-7-17(15)22-18)13-23-8-2-1-3-9-23/h4-7,10-12,22H,1-3,8-9,13H2,(H2,21,26). The first-order valence-electron chi connectivity index (χ1n) is 8.98. The Bertz CT molecular complexity index is 1010. The number of aromatic nitrogens is 2. The van der Waals surface area contributed by atoms with Crippen LogP contribution in [0.1, 0.15) is 24.8 Å². The minimum absolute atomic E-state index is 0.417. The van der Waals surface area contributed by atoms with Gasteiger partial charge in [-0.05, 0) is 61.8 Å². The largest absolute Gasteiger partial charge is 0.354 e. The van der Waals surface area contributed by atoms with Gasteiger partial charge in [-0.3, -0.25) is 9.69 Å². The molecule has 4 rings (SSSR count). The summed E-state index contributed by atoms with van der Waals surface area (Å²) in [6.45, 7) is 3.27. The monoisotopic (exact) mass is 350 g/mol. The number of hydrogen-bond acceptors (Lipinski definition) is 3. The Hall–Kier alpha value is -2.86. The molecule has 1 fully saturated rings. The van der Waals surface area contributed by atoms with Gasteiger partial charge in [-0.2, -0.15) is 0 Å². The summed E-state index contributed by atoms with van der Waals surface area (Å²) in [6.07, 6.45) is 5.26. The Morgan fingerprint density at radius 3 is 2.69 bits per heavy atom. The zero-order valence-electron chi connectivity index (χ0n) is 14.6. The maximum atomic E-state index is 12.5. The van der Waals surface area contributed by atoms with Gasteiger partial charge in [-0.25, -0.2) is 9.36 Å². The third kappa shape index (κ3) is 3.15. The number of H-pyrrole nitrogens is 1. The van der Waals surface area contributed by atoms with Crippen molar-refractivity contribution in [3.8, 4) is 11.3 Å². The Morgan fingerprint density at radius 1 is 1.12 bits per heavy atom. The van der Waals surface area contributed by atoms with E-state index in [9.17, 15) is 9.59 Å². The summed E-state index contributed by atoms with van der Waals surface area (Å²) in [7, 11) is 0. The van der Waals surface area contributed by atoms with Crippen LogP contribution in [0.25, 0.3) is 22.2 Å². The average Bonchev–Trinajstić information content (AvgIpc) is 3.05. The smallest absolute Gasteiger partial charge is 0.325 e. The van der Waals surface area contributed by atoms with Crippen LogP contribution < -0.4 is 11.3 Å². The van der Waals surface area contributed by atoms with Crippen molar-refractivity contribution in [2.24, 2.45) is 5.73 Å². The molecule has 0 spiro atoms. The van der Waals surface area contributed by atoms with Gasteiger partial charge in [0.1, 0.15) is 0 Å². The summed E-state index contributed by atoms with van der Waals surface area (Å²) in [6, 6.07) is 10.9. The van der Waals surface area contributed by atoms with E-state index in [4.69, 9.17) is 5.73 Å². The molecule has 0 saturated carbocycles. The van der Waals surface area contributed by atoms with Gasteiger partial charge < -0.3 is 10.7 Å². The first-order valence-corrected chi connectivity index (χ1v) is 8.98. The van der Waals surface area contributed by atoms with Crippen LogP contribution in [0.5, 0.6) is 0 Å². The molecular weight excluding hydrogens is 328 g/mol. The molecule has 0 unspecified atom stereocenters. The van der Waals surface area contributed by atoms with Gasteiger partial charge in [0, 0.05) is 23.6 Å². The van der Waals surface area contributed by atoms with Crippen molar-refractivity contribution >= 4 is 16.9 Å². The number of piperidine rings is 1. The number of hydrogen-bond donors (Lipinski definition) is 2. The van der Waals surface area contributed by atoms with Crippen molar-refractivity contribution in [1.82, 2.24) is 14.5 Å². The van der Waals surface area contributed by atoms with Gasteiger partial charge in [0.25, 0.3) is 5.56 Å². The third-order valence-corrected chi connectivity index (χ3v) is 5.01. The van der Waals surface area contributed by atoms with Crippen molar-refractivity contribution < 1.29 is 4.79 Å². The lowest BCUT2D eigenvalue weighted by Crippen LogP contribution is -2.31. The fourth-order valence-electron chi connectivity index (χ4n) is 3.67. The predicted octanol–water partition coefficient (Wildman–Crippen LogP) is 2.91. The summed E-state index contributed by atoms with van der Waals surface area (Å²) < 4.78 is 0.919. The lowest BCUT2D eigenvalue weighted by atomic mass is 10.1. The van der Waals surface area contributed by atoms with Crippen LogP contribution in [0.3, 0.4) is 0 Å². The third-order valence-electron chi connectivity index (χ3n) is 5.01. The first kappa shape index (κ1) is 16.6. The second-order valence-corrected chi connectivity index (χ2v) is 6.88. The molecule has 26 heavy (non-hydrogen) atoms. The van der Waals surface area contributed by atoms with E-state index in [0.717, 1.165) is 35.1 Å². The van der Waals surface area contributed by atoms with E-state index in [2.05, 4.69) is 22.0 Å². The van der Waals surface area contributed by atoms with Crippen LogP contribution in [0.15, 0.2) is 47.4 Å². The number of nitrogens with zero attached hydrogens (tertiary/aromatic N) is 2. The van der Waals surface area contributed by atoms with Crippen LogP contribution in [0.2, 0.25) is 0 Å². The molecule has 1 aliphatic rings. The molecule has 0 radical (unpaired) electrons. The normalized spacial score (nSPS) is 15.4. The molecule has 3 N–H and O–H groups in total. The highest BCUT2D eigenvalue weighted by Gasteiger charge is 2.13. The van der Waals surface area contributed by atoms with Gasteiger partial charge >= 0.3 is 6.03 Å². The number of fused-ring (bicyclic) bond motifs is 1. The molecule has 1 aromatic carbocycles. The van der Waals surface area contributed by atoms with Gasteiger partial charge in [0.05, 0.1) is 11.3 Å². The second-order valence-electron chi connectivity index (χ2n) is 6.88. The van der Waals surface area contributed by atoms with Gasteiger partial charge in [0.15, 0.2) is 0 Å². The number of rotatable bonds is 3. The highest BCUT2D eigenvalue weighted by atomic mass is 16.2. The number of aromatic amines is 1. The number of carbonyl (C=O) groups is 1. The summed E-state index contributed by atoms with van der Waals surface area (Å²) in [5.41, 5.74) is 8.20. The van der Waals surface area contributed by atoms with Gasteiger partial charge in [-0.15, -0.1) is 0 Å². The molecule has 134 valence electrons. The zero-order valence-corrected chi connectivity index (χ0v) is 14.6. The molecule has 2 aromatic heterocycles. The SMILES string of the molecule is NC(=O)n1cccc(-c2cc3cc(CN4CCCCC4)ccc3[nH]2)c1=O. The number of pyridine rings is 1. The fourth-order valence-corrected chi connectivity index (χ4v) is 3.67. The van der Waals surface area contributed by atoms with Crippen molar-refractivity contribution in [3.63, 3.8) is 0 Å². The molecule has 0 atom stereocenters. The predicted molar refractivity (Wildman–Crippen MR) is 102 cm³/mol. The number of carbonyl (C=O) groups excluding carboxylic acids is 1. The summed E-state index contributed by atoms with van der Waals surface area (Å²) in [5.74, 6) is 0. The number of nitrogens with one attached hydrogen (secondary N) is 1. The Balaban J connectivity index is 1.67. The Labute approximate surface area is 151 Å². The van der Waals surface area contributed by atoms with Gasteiger partial charge in [-0.1, -0.05) is 12.5 Å². The molecule has 1 saturated heterocycles. The van der Waals surface area contributed by atoms with Crippen LogP contribution in [0, 0.1) is 0 Å². The number of amides is 1. The lowest BCUT2D eigenvalue weighted by Gasteiger charge is -2.26. The highest BCUT2D eigenvalue weighted by molar-refractivity contribution is 5.86. The van der Waals surface area contributed by atoms with Crippen molar-refractivity contribution in [3.05, 3.63) is 58.5 Å².